The van der Waals surface area contributed by atoms with E-state index in [1.165, 1.54) is 0 Å². The maximum atomic E-state index is 13.3. The Morgan fingerprint density at radius 3 is 2.57 bits per heavy atom. The van der Waals surface area contributed by atoms with Crippen molar-refractivity contribution >= 4 is 17.0 Å². The molecule has 146 valence electrons. The van der Waals surface area contributed by atoms with Gasteiger partial charge in [-0.25, -0.2) is 4.98 Å². The van der Waals surface area contributed by atoms with E-state index in [0.29, 0.717) is 23.1 Å². The van der Waals surface area contributed by atoms with Crippen molar-refractivity contribution < 1.29 is 9.32 Å². The number of pyridine rings is 1. The summed E-state index contributed by atoms with van der Waals surface area (Å²) < 4.78 is 7.39. The van der Waals surface area contributed by atoms with Gasteiger partial charge in [-0.3, -0.25) is 9.48 Å². The lowest BCUT2D eigenvalue weighted by Gasteiger charge is -2.16. The van der Waals surface area contributed by atoms with Gasteiger partial charge in [-0.15, -0.1) is 0 Å². The quantitative estimate of drug-likeness (QED) is 0.728. The number of hydrogen-bond donors (Lipinski definition) is 1. The van der Waals surface area contributed by atoms with Crippen LogP contribution < -0.4 is 5.32 Å². The van der Waals surface area contributed by atoms with Gasteiger partial charge in [0.2, 0.25) is 0 Å². The fourth-order valence-corrected chi connectivity index (χ4v) is 4.16. The molecule has 0 radical (unpaired) electrons. The lowest BCUT2D eigenvalue weighted by molar-refractivity contribution is 0.0941. The van der Waals surface area contributed by atoms with Gasteiger partial charge in [0, 0.05) is 35.8 Å². The number of carbonyl (C=O) groups excluding carboxylic acids is 1. The number of carbonyl (C=O) groups is 1. The van der Waals surface area contributed by atoms with Crippen LogP contribution in [0.5, 0.6) is 0 Å². The maximum Gasteiger partial charge on any atom is 0.259 e. The minimum atomic E-state index is -0.141. The van der Waals surface area contributed by atoms with Crippen molar-refractivity contribution in [2.45, 2.75) is 64.3 Å². The minimum absolute atomic E-state index is 0.102. The predicted molar refractivity (Wildman–Crippen MR) is 104 cm³/mol. The second-order valence-corrected chi connectivity index (χ2v) is 8.29. The van der Waals surface area contributed by atoms with Gasteiger partial charge in [0.25, 0.3) is 11.6 Å². The molecule has 1 N–H and O–H groups in total. The summed E-state index contributed by atoms with van der Waals surface area (Å²) in [4.78, 5) is 18.0. The van der Waals surface area contributed by atoms with E-state index in [0.717, 1.165) is 59.4 Å². The topological polar surface area (TPSA) is 85.8 Å². The molecule has 2 fully saturated rings. The summed E-state index contributed by atoms with van der Waals surface area (Å²) >= 11 is 0. The molecule has 0 bridgehead atoms. The summed E-state index contributed by atoms with van der Waals surface area (Å²) in [5.41, 5.74) is 6.03. The molecule has 0 aliphatic heterocycles. The lowest BCUT2D eigenvalue weighted by Crippen LogP contribution is -2.28. The number of nitrogens with zero attached hydrogens (tertiary/aromatic N) is 4. The number of aryl methyl sites for hydroxylation is 2. The van der Waals surface area contributed by atoms with Crippen LogP contribution in [0.15, 0.2) is 10.6 Å². The van der Waals surface area contributed by atoms with Gasteiger partial charge >= 0.3 is 0 Å². The van der Waals surface area contributed by atoms with Crippen LogP contribution in [0.1, 0.15) is 89.2 Å². The van der Waals surface area contributed by atoms with Crippen molar-refractivity contribution in [3.63, 3.8) is 0 Å². The molecule has 2 aliphatic rings. The highest BCUT2D eigenvalue weighted by Crippen LogP contribution is 2.45. The van der Waals surface area contributed by atoms with Gasteiger partial charge in [0.05, 0.1) is 28.4 Å². The van der Waals surface area contributed by atoms with Gasteiger partial charge in [-0.2, -0.15) is 5.10 Å². The fourth-order valence-electron chi connectivity index (χ4n) is 4.16. The third kappa shape index (κ3) is 2.80. The lowest BCUT2D eigenvalue weighted by atomic mass is 10.0. The summed E-state index contributed by atoms with van der Waals surface area (Å²) in [7, 11) is 1.92. The van der Waals surface area contributed by atoms with Crippen LogP contribution in [0.3, 0.4) is 0 Å². The summed E-state index contributed by atoms with van der Waals surface area (Å²) in [5.74, 6) is 0.724. The molecule has 3 aromatic rings. The van der Waals surface area contributed by atoms with E-state index in [1.54, 1.807) is 0 Å². The van der Waals surface area contributed by atoms with Gasteiger partial charge in [-0.1, -0.05) is 5.16 Å². The first-order valence-electron chi connectivity index (χ1n) is 10.0. The zero-order valence-electron chi connectivity index (χ0n) is 16.7. The summed E-state index contributed by atoms with van der Waals surface area (Å²) in [6, 6.07) is 1.81. The Morgan fingerprint density at radius 2 is 1.96 bits per heavy atom. The van der Waals surface area contributed by atoms with Crippen molar-refractivity contribution in [3.8, 4) is 0 Å². The molecule has 2 aliphatic carbocycles. The zero-order chi connectivity index (χ0) is 19.6. The van der Waals surface area contributed by atoms with E-state index in [2.05, 4.69) is 20.6 Å². The van der Waals surface area contributed by atoms with Crippen LogP contribution in [0, 0.1) is 13.8 Å². The molecule has 3 heterocycles. The monoisotopic (exact) mass is 379 g/mol. The Bertz CT molecular complexity index is 1090. The number of fused-ring (bicyclic) bond motifs is 1. The molecule has 0 spiro atoms. The Kier molecular flexibility index (Phi) is 3.82. The summed E-state index contributed by atoms with van der Waals surface area (Å²) in [6.07, 6.45) is 4.43. The summed E-state index contributed by atoms with van der Waals surface area (Å²) in [5, 5.41) is 12.7. The van der Waals surface area contributed by atoms with Gasteiger partial charge in [0.1, 0.15) is 0 Å². The Labute approximate surface area is 163 Å². The van der Waals surface area contributed by atoms with E-state index in [9.17, 15) is 4.79 Å². The summed E-state index contributed by atoms with van der Waals surface area (Å²) in [6.45, 7) is 6.01. The molecule has 7 nitrogen and oxygen atoms in total. The number of nitrogens with one attached hydrogen (secondary N) is 1. The number of rotatable bonds is 5. The standard InChI is InChI=1S/C21H25N5O2/c1-10(17-11(2)24-26(4)12(17)3)22-20(27)15-9-16(13-5-6-13)23-21-18(15)19(25-28-21)14-7-8-14/h9-10,13-14H,5-8H2,1-4H3,(H,22,27)/t10-/m1/s1. The SMILES string of the molecule is Cc1nn(C)c(C)c1[C@@H](C)NC(=O)c1cc(C2CC2)nc2onc(C3CC3)c12. The van der Waals surface area contributed by atoms with Gasteiger partial charge < -0.3 is 9.84 Å². The molecule has 0 saturated heterocycles. The highest BCUT2D eigenvalue weighted by Gasteiger charge is 2.34. The molecule has 7 heteroatoms. The molecule has 0 aromatic carbocycles. The van der Waals surface area contributed by atoms with E-state index < -0.39 is 0 Å². The van der Waals surface area contributed by atoms with Crippen molar-refractivity contribution in [2.75, 3.05) is 0 Å². The highest BCUT2D eigenvalue weighted by atomic mass is 16.5. The van der Waals surface area contributed by atoms with E-state index in [4.69, 9.17) is 4.52 Å². The molecule has 28 heavy (non-hydrogen) atoms. The molecule has 2 saturated carbocycles. The van der Waals surface area contributed by atoms with Crippen LogP contribution in [-0.2, 0) is 7.05 Å². The molecular formula is C21H25N5O2. The first kappa shape index (κ1) is 17.4. The van der Waals surface area contributed by atoms with Crippen LogP contribution in [-0.4, -0.2) is 25.8 Å². The minimum Gasteiger partial charge on any atom is -0.345 e. The Morgan fingerprint density at radius 1 is 1.25 bits per heavy atom. The molecule has 1 amide bonds. The van der Waals surface area contributed by atoms with E-state index >= 15 is 0 Å². The Balaban J connectivity index is 1.53. The average molecular weight is 379 g/mol. The third-order valence-electron chi connectivity index (χ3n) is 6.04. The van der Waals surface area contributed by atoms with Crippen molar-refractivity contribution in [1.29, 1.82) is 0 Å². The number of amides is 1. The second kappa shape index (κ2) is 6.15. The smallest absolute Gasteiger partial charge is 0.259 e. The van der Waals surface area contributed by atoms with E-state index in [1.807, 2.05) is 38.6 Å². The Hall–Kier alpha value is -2.70. The second-order valence-electron chi connectivity index (χ2n) is 8.29. The van der Waals surface area contributed by atoms with Crippen molar-refractivity contribution in [3.05, 3.63) is 40.0 Å². The van der Waals surface area contributed by atoms with Crippen LogP contribution >= 0.6 is 0 Å². The third-order valence-corrected chi connectivity index (χ3v) is 6.04. The van der Waals surface area contributed by atoms with Gasteiger partial charge in [0.15, 0.2) is 0 Å². The molecular weight excluding hydrogens is 354 g/mol. The first-order valence-corrected chi connectivity index (χ1v) is 10.0. The normalized spacial score (nSPS) is 17.9. The van der Waals surface area contributed by atoms with Crippen LogP contribution in [0.4, 0.5) is 0 Å². The number of hydrogen-bond acceptors (Lipinski definition) is 5. The molecule has 1 atom stereocenters. The largest absolute Gasteiger partial charge is 0.345 e. The van der Waals surface area contributed by atoms with E-state index in [-0.39, 0.29) is 11.9 Å². The number of aromatic nitrogens is 4. The molecule has 5 rings (SSSR count). The van der Waals surface area contributed by atoms with Crippen molar-refractivity contribution in [1.82, 2.24) is 25.2 Å². The first-order chi connectivity index (χ1) is 13.4. The predicted octanol–water partition coefficient (Wildman–Crippen LogP) is 3.82. The molecule has 3 aromatic heterocycles. The zero-order valence-corrected chi connectivity index (χ0v) is 16.7. The van der Waals surface area contributed by atoms with Crippen LogP contribution in [0.25, 0.3) is 11.1 Å². The molecule has 0 unspecified atom stereocenters. The fraction of sp³-hybridized carbons (Fsp3) is 0.524. The van der Waals surface area contributed by atoms with Gasteiger partial charge in [-0.05, 0) is 52.5 Å². The highest BCUT2D eigenvalue weighted by molar-refractivity contribution is 6.06. The maximum absolute atomic E-state index is 13.3. The van der Waals surface area contributed by atoms with Crippen LogP contribution in [0.2, 0.25) is 0 Å². The van der Waals surface area contributed by atoms with Crippen molar-refractivity contribution in [2.24, 2.45) is 7.05 Å². The average Bonchev–Trinajstić information content (AvgIpc) is 3.57.